The molecule has 1 aromatic heterocycles. The molecule has 0 aliphatic carbocycles. The maximum absolute atomic E-state index is 14.1. The summed E-state index contributed by atoms with van der Waals surface area (Å²) in [6, 6.07) is 7.38. The smallest absolute Gasteiger partial charge is 0.275 e. The van der Waals surface area contributed by atoms with Crippen molar-refractivity contribution in [3.63, 3.8) is 0 Å². The molecule has 1 aliphatic heterocycles. The molecule has 2 aromatic rings. The van der Waals surface area contributed by atoms with E-state index in [1.807, 2.05) is 0 Å². The number of hydrogen-bond donors (Lipinski definition) is 1. The SMILES string of the molecule is Cc1cc(=O)c(C(=O)NCCCN2CCOCC2)nn1-c1ccccc1F. The van der Waals surface area contributed by atoms with Gasteiger partial charge >= 0.3 is 0 Å². The Kier molecular flexibility index (Phi) is 6.31. The third kappa shape index (κ3) is 4.78. The van der Waals surface area contributed by atoms with Crippen molar-refractivity contribution in [2.24, 2.45) is 0 Å². The number of benzene rings is 1. The summed E-state index contributed by atoms with van der Waals surface area (Å²) in [7, 11) is 0. The molecule has 144 valence electrons. The van der Waals surface area contributed by atoms with Gasteiger partial charge in [0.05, 0.1) is 13.2 Å². The number of halogens is 1. The van der Waals surface area contributed by atoms with Crippen molar-refractivity contribution >= 4 is 5.91 Å². The number of carbonyl (C=O) groups is 1. The molecule has 2 heterocycles. The first-order valence-electron chi connectivity index (χ1n) is 9.00. The van der Waals surface area contributed by atoms with Crippen LogP contribution in [0.3, 0.4) is 0 Å². The molecule has 0 spiro atoms. The molecule has 0 unspecified atom stereocenters. The second kappa shape index (κ2) is 8.88. The Morgan fingerprint density at radius 2 is 2.04 bits per heavy atom. The molecule has 27 heavy (non-hydrogen) atoms. The Bertz CT molecular complexity index is 862. The first-order valence-corrected chi connectivity index (χ1v) is 9.00. The van der Waals surface area contributed by atoms with Gasteiger partial charge in [0.2, 0.25) is 5.43 Å². The van der Waals surface area contributed by atoms with Crippen LogP contribution in [0.2, 0.25) is 0 Å². The third-order valence-corrected chi connectivity index (χ3v) is 4.44. The normalized spacial score (nSPS) is 14.9. The van der Waals surface area contributed by atoms with E-state index in [-0.39, 0.29) is 11.4 Å². The van der Waals surface area contributed by atoms with Crippen LogP contribution in [0.15, 0.2) is 35.1 Å². The maximum Gasteiger partial charge on any atom is 0.275 e. The Hall–Kier alpha value is -2.58. The van der Waals surface area contributed by atoms with Gasteiger partial charge in [-0.25, -0.2) is 9.07 Å². The Morgan fingerprint density at radius 3 is 2.78 bits per heavy atom. The summed E-state index contributed by atoms with van der Waals surface area (Å²) in [6.07, 6.45) is 0.763. The number of aryl methyl sites for hydroxylation is 1. The summed E-state index contributed by atoms with van der Waals surface area (Å²) in [5.74, 6) is -1.03. The summed E-state index contributed by atoms with van der Waals surface area (Å²) < 4.78 is 20.6. The molecule has 0 bridgehead atoms. The summed E-state index contributed by atoms with van der Waals surface area (Å²) in [6.45, 7) is 6.17. The van der Waals surface area contributed by atoms with Gasteiger partial charge in [0, 0.05) is 31.4 Å². The highest BCUT2D eigenvalue weighted by Crippen LogP contribution is 2.13. The lowest BCUT2D eigenvalue weighted by atomic mass is 10.2. The van der Waals surface area contributed by atoms with E-state index in [0.717, 1.165) is 39.3 Å². The number of para-hydroxylation sites is 1. The van der Waals surface area contributed by atoms with Crippen LogP contribution in [0, 0.1) is 12.7 Å². The molecule has 1 aromatic carbocycles. The fraction of sp³-hybridized carbons (Fsp3) is 0.421. The average Bonchev–Trinajstić information content (AvgIpc) is 2.67. The van der Waals surface area contributed by atoms with Gasteiger partial charge in [0.25, 0.3) is 5.91 Å². The van der Waals surface area contributed by atoms with E-state index >= 15 is 0 Å². The Morgan fingerprint density at radius 1 is 1.30 bits per heavy atom. The number of nitrogens with one attached hydrogen (secondary N) is 1. The topological polar surface area (TPSA) is 76.5 Å². The second-order valence-electron chi connectivity index (χ2n) is 6.43. The molecule has 1 N–H and O–H groups in total. The van der Waals surface area contributed by atoms with Crippen LogP contribution in [0.4, 0.5) is 4.39 Å². The predicted molar refractivity (Wildman–Crippen MR) is 98.7 cm³/mol. The van der Waals surface area contributed by atoms with Crippen LogP contribution < -0.4 is 10.7 Å². The predicted octanol–water partition coefficient (Wildman–Crippen LogP) is 1.13. The largest absolute Gasteiger partial charge is 0.379 e. The van der Waals surface area contributed by atoms with Gasteiger partial charge in [0.15, 0.2) is 5.69 Å². The highest BCUT2D eigenvalue weighted by Gasteiger charge is 2.16. The van der Waals surface area contributed by atoms with E-state index in [1.54, 1.807) is 25.1 Å². The number of amides is 1. The van der Waals surface area contributed by atoms with Gasteiger partial charge in [0.1, 0.15) is 11.5 Å². The van der Waals surface area contributed by atoms with Gasteiger partial charge in [-0.05, 0) is 32.0 Å². The first-order chi connectivity index (χ1) is 13.1. The summed E-state index contributed by atoms with van der Waals surface area (Å²) in [5, 5.41) is 6.82. The highest BCUT2D eigenvalue weighted by molar-refractivity contribution is 5.92. The Labute approximate surface area is 156 Å². The fourth-order valence-corrected chi connectivity index (χ4v) is 2.99. The summed E-state index contributed by atoms with van der Waals surface area (Å²) >= 11 is 0. The molecule has 8 heteroatoms. The van der Waals surface area contributed by atoms with Crippen molar-refractivity contribution in [3.8, 4) is 5.69 Å². The molecule has 3 rings (SSSR count). The maximum atomic E-state index is 14.1. The van der Waals surface area contributed by atoms with Crippen molar-refractivity contribution in [1.82, 2.24) is 20.0 Å². The minimum absolute atomic E-state index is 0.191. The lowest BCUT2D eigenvalue weighted by molar-refractivity contribution is 0.0374. The van der Waals surface area contributed by atoms with Crippen LogP contribution in [0.25, 0.3) is 5.69 Å². The van der Waals surface area contributed by atoms with E-state index in [1.165, 1.54) is 16.8 Å². The van der Waals surface area contributed by atoms with Crippen molar-refractivity contribution in [3.05, 3.63) is 57.8 Å². The third-order valence-electron chi connectivity index (χ3n) is 4.44. The van der Waals surface area contributed by atoms with Crippen molar-refractivity contribution in [2.45, 2.75) is 13.3 Å². The number of carbonyl (C=O) groups excluding carboxylic acids is 1. The van der Waals surface area contributed by atoms with Gasteiger partial charge in [-0.2, -0.15) is 5.10 Å². The zero-order valence-electron chi connectivity index (χ0n) is 15.3. The van der Waals surface area contributed by atoms with Crippen molar-refractivity contribution in [2.75, 3.05) is 39.4 Å². The van der Waals surface area contributed by atoms with Crippen LogP contribution in [0.5, 0.6) is 0 Å². The highest BCUT2D eigenvalue weighted by atomic mass is 19.1. The van der Waals surface area contributed by atoms with Crippen molar-refractivity contribution < 1.29 is 13.9 Å². The second-order valence-corrected chi connectivity index (χ2v) is 6.43. The quantitative estimate of drug-likeness (QED) is 0.767. The molecule has 1 fully saturated rings. The Balaban J connectivity index is 1.66. The molecule has 1 amide bonds. The number of ether oxygens (including phenoxy) is 1. The van der Waals surface area contributed by atoms with Crippen LogP contribution in [0.1, 0.15) is 22.6 Å². The number of rotatable bonds is 6. The number of aromatic nitrogens is 2. The zero-order chi connectivity index (χ0) is 19.2. The minimum Gasteiger partial charge on any atom is -0.379 e. The molecule has 1 saturated heterocycles. The van der Waals surface area contributed by atoms with E-state index in [0.29, 0.717) is 12.2 Å². The van der Waals surface area contributed by atoms with Gasteiger partial charge in [-0.1, -0.05) is 12.1 Å². The first kappa shape index (κ1) is 19.2. The monoisotopic (exact) mass is 374 g/mol. The lowest BCUT2D eigenvalue weighted by Crippen LogP contribution is -2.38. The van der Waals surface area contributed by atoms with Crippen LogP contribution in [-0.2, 0) is 4.74 Å². The summed E-state index contributed by atoms with van der Waals surface area (Å²) in [5.41, 5.74) is -0.0775. The summed E-state index contributed by atoms with van der Waals surface area (Å²) in [4.78, 5) is 26.8. The number of morpholine rings is 1. The standard InChI is InChI=1S/C19H23FN4O3/c1-14-13-17(25)18(22-24(14)16-6-3-2-5-15(16)20)19(26)21-7-4-8-23-9-11-27-12-10-23/h2-3,5-6,13H,4,7-12H2,1H3,(H,21,26). The number of nitrogens with zero attached hydrogens (tertiary/aromatic N) is 3. The molecule has 0 radical (unpaired) electrons. The van der Waals surface area contributed by atoms with E-state index in [4.69, 9.17) is 4.74 Å². The number of hydrogen-bond acceptors (Lipinski definition) is 5. The average molecular weight is 374 g/mol. The van der Waals surface area contributed by atoms with Crippen LogP contribution in [-0.4, -0.2) is 60.0 Å². The van der Waals surface area contributed by atoms with Gasteiger partial charge < -0.3 is 10.1 Å². The molecular weight excluding hydrogens is 351 g/mol. The van der Waals surface area contributed by atoms with E-state index < -0.39 is 17.2 Å². The lowest BCUT2D eigenvalue weighted by Gasteiger charge is -2.26. The molecular formula is C19H23FN4O3. The van der Waals surface area contributed by atoms with E-state index in [9.17, 15) is 14.0 Å². The van der Waals surface area contributed by atoms with Gasteiger partial charge in [-0.15, -0.1) is 0 Å². The van der Waals surface area contributed by atoms with Crippen LogP contribution >= 0.6 is 0 Å². The van der Waals surface area contributed by atoms with Gasteiger partial charge in [-0.3, -0.25) is 14.5 Å². The fourth-order valence-electron chi connectivity index (χ4n) is 2.99. The minimum atomic E-state index is -0.549. The van der Waals surface area contributed by atoms with E-state index in [2.05, 4.69) is 15.3 Å². The molecule has 0 saturated carbocycles. The molecule has 0 atom stereocenters. The van der Waals surface area contributed by atoms with Crippen molar-refractivity contribution in [1.29, 1.82) is 0 Å². The molecule has 7 nitrogen and oxygen atoms in total. The molecule has 1 aliphatic rings. The zero-order valence-corrected chi connectivity index (χ0v) is 15.3.